The first-order valence-corrected chi connectivity index (χ1v) is 9.29. The average molecular weight is 345 g/mol. The quantitative estimate of drug-likeness (QED) is 0.757. The van der Waals surface area contributed by atoms with Gasteiger partial charge in [-0.2, -0.15) is 11.8 Å². The summed E-state index contributed by atoms with van der Waals surface area (Å²) in [5.41, 5.74) is 1.09. The van der Waals surface area contributed by atoms with Crippen molar-refractivity contribution < 1.29 is 9.47 Å². The second kappa shape index (κ2) is 8.87. The van der Waals surface area contributed by atoms with Crippen molar-refractivity contribution >= 4 is 23.4 Å². The fourth-order valence-electron chi connectivity index (χ4n) is 2.65. The summed E-state index contributed by atoms with van der Waals surface area (Å²) >= 11 is 8.29. The van der Waals surface area contributed by atoms with Crippen molar-refractivity contribution in [2.45, 2.75) is 6.54 Å². The largest absolute Gasteiger partial charge is 0.493 e. The van der Waals surface area contributed by atoms with Crippen LogP contribution < -0.4 is 9.47 Å². The molecule has 1 aliphatic rings. The fraction of sp³-hybridized carbons (Fsp3) is 0.625. The minimum absolute atomic E-state index is 0.679. The predicted octanol–water partition coefficient (Wildman–Crippen LogP) is 2.84. The van der Waals surface area contributed by atoms with Gasteiger partial charge in [-0.3, -0.25) is 9.80 Å². The van der Waals surface area contributed by atoms with Crippen molar-refractivity contribution in [2.24, 2.45) is 0 Å². The zero-order valence-corrected chi connectivity index (χ0v) is 15.2. The van der Waals surface area contributed by atoms with Crippen LogP contribution in [0.5, 0.6) is 11.5 Å². The maximum absolute atomic E-state index is 6.38. The van der Waals surface area contributed by atoms with Gasteiger partial charge in [-0.15, -0.1) is 0 Å². The van der Waals surface area contributed by atoms with Gasteiger partial charge in [-0.05, 0) is 17.9 Å². The van der Waals surface area contributed by atoms with E-state index in [1.807, 2.05) is 23.9 Å². The maximum atomic E-state index is 6.38. The molecular weight excluding hydrogens is 320 g/mol. The topological polar surface area (TPSA) is 24.9 Å². The molecule has 4 nitrogen and oxygen atoms in total. The molecule has 0 aliphatic carbocycles. The van der Waals surface area contributed by atoms with Gasteiger partial charge in [0.05, 0.1) is 14.2 Å². The van der Waals surface area contributed by atoms with E-state index in [9.17, 15) is 0 Å². The van der Waals surface area contributed by atoms with Crippen LogP contribution >= 0.6 is 23.4 Å². The molecular formula is C16H25ClN2O2S. The lowest BCUT2D eigenvalue weighted by Gasteiger charge is -2.34. The smallest absolute Gasteiger partial charge is 0.162 e. The highest BCUT2D eigenvalue weighted by atomic mass is 35.5. The average Bonchev–Trinajstić information content (AvgIpc) is 2.55. The fourth-order valence-corrected chi connectivity index (χ4v) is 3.30. The minimum atomic E-state index is 0.679. The Morgan fingerprint density at radius 1 is 1.05 bits per heavy atom. The van der Waals surface area contributed by atoms with Gasteiger partial charge in [0.1, 0.15) is 0 Å². The summed E-state index contributed by atoms with van der Waals surface area (Å²) in [6, 6.07) is 3.83. The van der Waals surface area contributed by atoms with Gasteiger partial charge in [0.25, 0.3) is 0 Å². The molecule has 0 radical (unpaired) electrons. The molecule has 1 aliphatic heterocycles. The van der Waals surface area contributed by atoms with Crippen molar-refractivity contribution in [2.75, 3.05) is 59.0 Å². The van der Waals surface area contributed by atoms with E-state index in [1.165, 1.54) is 12.3 Å². The van der Waals surface area contributed by atoms with E-state index in [0.717, 1.165) is 49.1 Å². The molecule has 1 saturated heterocycles. The number of methoxy groups -OCH3 is 2. The normalized spacial score (nSPS) is 16.7. The van der Waals surface area contributed by atoms with E-state index in [0.29, 0.717) is 5.75 Å². The summed E-state index contributed by atoms with van der Waals surface area (Å²) < 4.78 is 10.7. The Labute approximate surface area is 142 Å². The number of ether oxygens (including phenoxy) is 2. The molecule has 124 valence electrons. The molecule has 0 amide bonds. The number of rotatable bonds is 7. The van der Waals surface area contributed by atoms with Crippen LogP contribution in [-0.2, 0) is 6.54 Å². The van der Waals surface area contributed by atoms with Gasteiger partial charge >= 0.3 is 0 Å². The van der Waals surface area contributed by atoms with Crippen LogP contribution in [0, 0.1) is 0 Å². The second-order valence-corrected chi connectivity index (χ2v) is 6.80. The molecule has 0 spiro atoms. The lowest BCUT2D eigenvalue weighted by molar-refractivity contribution is 0.132. The van der Waals surface area contributed by atoms with Gasteiger partial charge in [0.2, 0.25) is 0 Å². The molecule has 0 aromatic heterocycles. The Bertz CT molecular complexity index is 479. The molecule has 0 atom stereocenters. The monoisotopic (exact) mass is 344 g/mol. The molecule has 22 heavy (non-hydrogen) atoms. The Hall–Kier alpha value is -0.620. The summed E-state index contributed by atoms with van der Waals surface area (Å²) in [6.07, 6.45) is 2.16. The highest BCUT2D eigenvalue weighted by Gasteiger charge is 2.18. The third kappa shape index (κ3) is 4.69. The van der Waals surface area contributed by atoms with E-state index in [1.54, 1.807) is 14.2 Å². The van der Waals surface area contributed by atoms with E-state index >= 15 is 0 Å². The van der Waals surface area contributed by atoms with Crippen molar-refractivity contribution in [1.29, 1.82) is 0 Å². The first kappa shape index (κ1) is 17.7. The molecule has 1 aromatic rings. The molecule has 0 saturated carbocycles. The standard InChI is InChI=1S/C16H25ClN2O2S/c1-20-15-10-13(14(17)11-16(15)21-2)12-19-6-4-18(5-7-19)8-9-22-3/h10-11H,4-9,12H2,1-3H3. The lowest BCUT2D eigenvalue weighted by Crippen LogP contribution is -2.46. The molecule has 0 bridgehead atoms. The van der Waals surface area contributed by atoms with Crippen molar-refractivity contribution in [3.63, 3.8) is 0 Å². The molecule has 2 rings (SSSR count). The van der Waals surface area contributed by atoms with Gasteiger partial charge < -0.3 is 9.47 Å². The Morgan fingerprint density at radius 2 is 1.64 bits per heavy atom. The Morgan fingerprint density at radius 3 is 2.23 bits per heavy atom. The highest BCUT2D eigenvalue weighted by molar-refractivity contribution is 7.98. The zero-order chi connectivity index (χ0) is 15.9. The van der Waals surface area contributed by atoms with Gasteiger partial charge in [0.15, 0.2) is 11.5 Å². The maximum Gasteiger partial charge on any atom is 0.162 e. The molecule has 1 fully saturated rings. The predicted molar refractivity (Wildman–Crippen MR) is 94.7 cm³/mol. The number of hydrogen-bond donors (Lipinski definition) is 0. The highest BCUT2D eigenvalue weighted by Crippen LogP contribution is 2.33. The summed E-state index contributed by atoms with van der Waals surface area (Å²) in [4.78, 5) is 4.98. The summed E-state index contributed by atoms with van der Waals surface area (Å²) in [5.74, 6) is 2.63. The SMILES string of the molecule is COc1cc(Cl)c(CN2CCN(CCSC)CC2)cc1OC. The van der Waals surface area contributed by atoms with Crippen molar-refractivity contribution in [3.05, 3.63) is 22.7 Å². The molecule has 0 unspecified atom stereocenters. The Kier molecular flexibility index (Phi) is 7.15. The van der Waals surface area contributed by atoms with Crippen molar-refractivity contribution in [1.82, 2.24) is 9.80 Å². The summed E-state index contributed by atoms with van der Waals surface area (Å²) in [5, 5.41) is 0.738. The molecule has 1 aromatic carbocycles. The first-order chi connectivity index (χ1) is 10.7. The molecule has 1 heterocycles. The molecule has 0 N–H and O–H groups in total. The van der Waals surface area contributed by atoms with E-state index in [4.69, 9.17) is 21.1 Å². The number of thioether (sulfide) groups is 1. The third-order valence-corrected chi connectivity index (χ3v) is 4.97. The van der Waals surface area contributed by atoms with Gasteiger partial charge in [0, 0.05) is 56.1 Å². The number of benzene rings is 1. The molecule has 6 heteroatoms. The van der Waals surface area contributed by atoms with Crippen LogP contribution in [-0.4, -0.2) is 68.8 Å². The van der Waals surface area contributed by atoms with Crippen LogP contribution in [0.15, 0.2) is 12.1 Å². The van der Waals surface area contributed by atoms with Crippen molar-refractivity contribution in [3.8, 4) is 11.5 Å². The zero-order valence-electron chi connectivity index (χ0n) is 13.6. The first-order valence-electron chi connectivity index (χ1n) is 7.52. The van der Waals surface area contributed by atoms with Crippen LogP contribution in [0.2, 0.25) is 5.02 Å². The lowest BCUT2D eigenvalue weighted by atomic mass is 10.1. The van der Waals surface area contributed by atoms with Gasteiger partial charge in [-0.25, -0.2) is 0 Å². The second-order valence-electron chi connectivity index (χ2n) is 5.41. The van der Waals surface area contributed by atoms with Gasteiger partial charge in [-0.1, -0.05) is 11.6 Å². The van der Waals surface area contributed by atoms with E-state index in [2.05, 4.69) is 16.1 Å². The number of hydrogen-bond acceptors (Lipinski definition) is 5. The summed E-state index contributed by atoms with van der Waals surface area (Å²) in [7, 11) is 3.28. The van der Waals surface area contributed by atoms with E-state index < -0.39 is 0 Å². The Balaban J connectivity index is 1.94. The van der Waals surface area contributed by atoms with Crippen LogP contribution in [0.3, 0.4) is 0 Å². The minimum Gasteiger partial charge on any atom is -0.493 e. The summed E-state index contributed by atoms with van der Waals surface area (Å²) in [6.45, 7) is 6.47. The van der Waals surface area contributed by atoms with Crippen LogP contribution in [0.4, 0.5) is 0 Å². The number of halogens is 1. The third-order valence-electron chi connectivity index (χ3n) is 4.02. The number of piperazine rings is 1. The van der Waals surface area contributed by atoms with Crippen LogP contribution in [0.25, 0.3) is 0 Å². The number of nitrogens with zero attached hydrogens (tertiary/aromatic N) is 2. The van der Waals surface area contributed by atoms with Crippen LogP contribution in [0.1, 0.15) is 5.56 Å². The van der Waals surface area contributed by atoms with E-state index in [-0.39, 0.29) is 0 Å².